The summed E-state index contributed by atoms with van der Waals surface area (Å²) in [6.45, 7) is 0. The molecule has 0 saturated heterocycles. The first-order chi connectivity index (χ1) is 10.5. The van der Waals surface area contributed by atoms with Crippen molar-refractivity contribution in [2.24, 2.45) is 11.8 Å². The van der Waals surface area contributed by atoms with Crippen molar-refractivity contribution in [3.8, 4) is 0 Å². The van der Waals surface area contributed by atoms with Crippen LogP contribution in [0.15, 0.2) is 0 Å². The molecule has 1 aliphatic rings. The maximum absolute atomic E-state index is 13.0. The first kappa shape index (κ1) is 19.6. The van der Waals surface area contributed by atoms with Crippen LogP contribution in [0.3, 0.4) is 0 Å². The molecule has 0 aromatic heterocycles. The zero-order chi connectivity index (χ0) is 18.0. The number of ether oxygens (including phenoxy) is 2. The fourth-order valence-electron chi connectivity index (χ4n) is 2.20. The average molecular weight is 366 g/mol. The summed E-state index contributed by atoms with van der Waals surface area (Å²) in [6.07, 6.45) is -6.99. The monoisotopic (exact) mass is 366 g/mol. The lowest BCUT2D eigenvalue weighted by atomic mass is 10.0. The van der Waals surface area contributed by atoms with Crippen LogP contribution in [-0.2, 0) is 33.4 Å². The molecule has 0 spiro atoms. The Morgan fingerprint density at radius 1 is 1.09 bits per heavy atom. The minimum Gasteiger partial charge on any atom is -0.469 e. The molecule has 1 saturated carbocycles. The molecule has 0 aliphatic heterocycles. The second-order valence-electron chi connectivity index (χ2n) is 4.77. The fraction of sp³-hybridized carbons (Fsp3) is 0.818. The smallest absolute Gasteiger partial charge is 0.428 e. The van der Waals surface area contributed by atoms with E-state index in [-0.39, 0.29) is 6.42 Å². The number of hydrogen-bond donors (Lipinski definition) is 0. The molecule has 0 radical (unpaired) electrons. The van der Waals surface area contributed by atoms with E-state index < -0.39 is 58.1 Å². The van der Waals surface area contributed by atoms with Gasteiger partial charge in [0.2, 0.25) is 0 Å². The number of carbonyl (C=O) groups is 2. The van der Waals surface area contributed by atoms with E-state index in [0.29, 0.717) is 0 Å². The number of rotatable bonds is 6. The number of carbonyl (C=O) groups excluding carboxylic acids is 2. The first-order valence-corrected chi connectivity index (χ1v) is 7.63. The fourth-order valence-corrected chi connectivity index (χ4v) is 3.08. The molecule has 0 heterocycles. The molecule has 0 N–H and O–H groups in total. The zero-order valence-electron chi connectivity index (χ0n) is 12.0. The van der Waals surface area contributed by atoms with Crippen LogP contribution in [0, 0.1) is 11.8 Å². The Morgan fingerprint density at radius 2 is 1.61 bits per heavy atom. The van der Waals surface area contributed by atoms with E-state index in [9.17, 15) is 35.6 Å². The highest BCUT2D eigenvalue weighted by molar-refractivity contribution is 7.87. The summed E-state index contributed by atoms with van der Waals surface area (Å²) in [6, 6.07) is 0. The highest BCUT2D eigenvalue weighted by Crippen LogP contribution is 2.39. The predicted octanol–water partition coefficient (Wildman–Crippen LogP) is 0.932. The van der Waals surface area contributed by atoms with Crippen LogP contribution in [-0.4, -0.2) is 52.4 Å². The summed E-state index contributed by atoms with van der Waals surface area (Å²) in [5.41, 5.74) is 0. The maximum Gasteiger partial charge on any atom is 0.428 e. The molecule has 1 rings (SSSR count). The average Bonchev–Trinajstić information content (AvgIpc) is 2.88. The van der Waals surface area contributed by atoms with Gasteiger partial charge in [0.25, 0.3) is 0 Å². The lowest BCUT2D eigenvalue weighted by molar-refractivity contribution is -0.148. The van der Waals surface area contributed by atoms with Crippen LogP contribution in [0.1, 0.15) is 12.8 Å². The molecule has 0 amide bonds. The van der Waals surface area contributed by atoms with Gasteiger partial charge in [-0.1, -0.05) is 0 Å². The highest BCUT2D eigenvalue weighted by atomic mass is 32.2. The standard InChI is InChI=1S/C11H14F4O7S/c1-20-8(16)5-3-6(9(17)21-2)7(4-5)22-23(18,19)11(14,15)10(12)13/h5-7,10H,3-4H2,1-2H3. The Kier molecular flexibility index (Phi) is 5.96. The van der Waals surface area contributed by atoms with Crippen molar-refractivity contribution in [3.63, 3.8) is 0 Å². The molecule has 3 unspecified atom stereocenters. The van der Waals surface area contributed by atoms with Gasteiger partial charge in [-0.15, -0.1) is 0 Å². The largest absolute Gasteiger partial charge is 0.469 e. The summed E-state index contributed by atoms with van der Waals surface area (Å²) in [4.78, 5) is 23.0. The number of esters is 2. The summed E-state index contributed by atoms with van der Waals surface area (Å²) < 4.78 is 86.0. The predicted molar refractivity (Wildman–Crippen MR) is 65.0 cm³/mol. The van der Waals surface area contributed by atoms with Gasteiger partial charge < -0.3 is 9.47 Å². The molecule has 134 valence electrons. The Labute approximate surface area is 129 Å². The number of alkyl halides is 4. The molecule has 0 aromatic carbocycles. The quantitative estimate of drug-likeness (QED) is 0.392. The summed E-state index contributed by atoms with van der Waals surface area (Å²) in [5.74, 6) is -4.23. The van der Waals surface area contributed by atoms with Crippen molar-refractivity contribution in [2.45, 2.75) is 30.6 Å². The van der Waals surface area contributed by atoms with Crippen molar-refractivity contribution in [2.75, 3.05) is 14.2 Å². The normalized spacial score (nSPS) is 25.4. The Balaban J connectivity index is 3.03. The zero-order valence-corrected chi connectivity index (χ0v) is 12.8. The molecule has 23 heavy (non-hydrogen) atoms. The number of hydrogen-bond acceptors (Lipinski definition) is 7. The van der Waals surface area contributed by atoms with E-state index in [1.165, 1.54) is 0 Å². The molecule has 1 fully saturated rings. The van der Waals surface area contributed by atoms with Crippen LogP contribution in [0.2, 0.25) is 0 Å². The maximum atomic E-state index is 13.0. The van der Waals surface area contributed by atoms with E-state index in [0.717, 1.165) is 14.2 Å². The molecule has 0 aromatic rings. The molecule has 0 bridgehead atoms. The van der Waals surface area contributed by atoms with Gasteiger partial charge in [-0.05, 0) is 12.8 Å². The van der Waals surface area contributed by atoms with Crippen molar-refractivity contribution in [1.29, 1.82) is 0 Å². The van der Waals surface area contributed by atoms with Gasteiger partial charge in [-0.3, -0.25) is 13.8 Å². The molecule has 1 aliphatic carbocycles. The van der Waals surface area contributed by atoms with E-state index in [1.807, 2.05) is 0 Å². The summed E-state index contributed by atoms with van der Waals surface area (Å²) in [7, 11) is -4.03. The van der Waals surface area contributed by atoms with Gasteiger partial charge in [0.05, 0.1) is 32.2 Å². The molecule has 3 atom stereocenters. The third-order valence-corrected chi connectivity index (χ3v) is 4.73. The SMILES string of the molecule is COC(=O)C1CC(OS(=O)(=O)C(F)(F)C(F)F)C(C(=O)OC)C1. The van der Waals surface area contributed by atoms with Gasteiger partial charge in [0.1, 0.15) is 0 Å². The summed E-state index contributed by atoms with van der Waals surface area (Å²) >= 11 is 0. The Morgan fingerprint density at radius 3 is 2.04 bits per heavy atom. The number of methoxy groups -OCH3 is 2. The van der Waals surface area contributed by atoms with E-state index in [4.69, 9.17) is 0 Å². The van der Waals surface area contributed by atoms with Crippen LogP contribution < -0.4 is 0 Å². The molecule has 7 nitrogen and oxygen atoms in total. The molecular formula is C11H14F4O7S. The van der Waals surface area contributed by atoms with Gasteiger partial charge in [0.15, 0.2) is 0 Å². The third-order valence-electron chi connectivity index (χ3n) is 3.38. The lowest BCUT2D eigenvalue weighted by Crippen LogP contribution is -2.41. The molecular weight excluding hydrogens is 352 g/mol. The van der Waals surface area contributed by atoms with Gasteiger partial charge >= 0.3 is 33.7 Å². The second-order valence-corrected chi connectivity index (χ2v) is 6.42. The lowest BCUT2D eigenvalue weighted by Gasteiger charge is -2.21. The highest BCUT2D eigenvalue weighted by Gasteiger charge is 2.58. The van der Waals surface area contributed by atoms with Crippen LogP contribution >= 0.6 is 0 Å². The van der Waals surface area contributed by atoms with Crippen LogP contribution in [0.5, 0.6) is 0 Å². The molecule has 12 heteroatoms. The van der Waals surface area contributed by atoms with E-state index in [1.54, 1.807) is 0 Å². The Hall–Kier alpha value is -1.43. The topological polar surface area (TPSA) is 96.0 Å². The first-order valence-electron chi connectivity index (χ1n) is 6.22. The van der Waals surface area contributed by atoms with Crippen LogP contribution in [0.25, 0.3) is 0 Å². The van der Waals surface area contributed by atoms with E-state index in [2.05, 4.69) is 13.7 Å². The van der Waals surface area contributed by atoms with E-state index >= 15 is 0 Å². The summed E-state index contributed by atoms with van der Waals surface area (Å²) in [5, 5.41) is -5.45. The van der Waals surface area contributed by atoms with Crippen molar-refractivity contribution >= 4 is 22.1 Å². The number of halogens is 4. The van der Waals surface area contributed by atoms with Crippen LogP contribution in [0.4, 0.5) is 17.6 Å². The minimum atomic E-state index is -6.02. The van der Waals surface area contributed by atoms with Gasteiger partial charge in [-0.2, -0.15) is 17.2 Å². The van der Waals surface area contributed by atoms with Crippen molar-refractivity contribution < 1.29 is 49.2 Å². The third kappa shape index (κ3) is 3.91. The minimum absolute atomic E-state index is 0.278. The second kappa shape index (κ2) is 6.99. The van der Waals surface area contributed by atoms with Crippen molar-refractivity contribution in [3.05, 3.63) is 0 Å². The Bertz CT molecular complexity index is 563. The van der Waals surface area contributed by atoms with Crippen molar-refractivity contribution in [1.82, 2.24) is 0 Å². The van der Waals surface area contributed by atoms with Gasteiger partial charge in [0, 0.05) is 0 Å². The van der Waals surface area contributed by atoms with Gasteiger partial charge in [-0.25, -0.2) is 8.78 Å².